The maximum absolute atomic E-state index is 11.9. The topological polar surface area (TPSA) is 75.3 Å². The number of benzene rings is 2. The Morgan fingerprint density at radius 3 is 2.36 bits per heavy atom. The summed E-state index contributed by atoms with van der Waals surface area (Å²) in [5.41, 5.74) is 0.970. The summed E-state index contributed by atoms with van der Waals surface area (Å²) in [6, 6.07) is 14.9. The van der Waals surface area contributed by atoms with E-state index in [-0.39, 0.29) is 15.9 Å². The Morgan fingerprint density at radius 2 is 1.73 bits per heavy atom. The van der Waals surface area contributed by atoms with Crippen molar-refractivity contribution < 1.29 is 13.2 Å². The van der Waals surface area contributed by atoms with Gasteiger partial charge < -0.3 is 5.32 Å². The molecular formula is C15H14N2O3S2. The number of hydrogen-bond donors (Lipinski definition) is 2. The molecule has 0 fully saturated rings. The number of rotatable bonds is 3. The molecular weight excluding hydrogens is 320 g/mol. The summed E-state index contributed by atoms with van der Waals surface area (Å²) in [6.45, 7) is 0. The molecule has 2 aromatic carbocycles. The molecule has 0 atom stereocenters. The minimum Gasteiger partial charge on any atom is -0.332 e. The van der Waals surface area contributed by atoms with E-state index >= 15 is 0 Å². The van der Waals surface area contributed by atoms with Crippen LogP contribution in [0.3, 0.4) is 0 Å². The first-order chi connectivity index (χ1) is 10.4. The van der Waals surface area contributed by atoms with Crippen LogP contribution in [0.1, 0.15) is 10.4 Å². The van der Waals surface area contributed by atoms with Crippen LogP contribution in [-0.4, -0.2) is 25.7 Å². The number of thiocarbonyl (C=S) groups is 1. The van der Waals surface area contributed by atoms with E-state index in [0.29, 0.717) is 11.3 Å². The number of sulfone groups is 1. The van der Waals surface area contributed by atoms with Gasteiger partial charge in [0, 0.05) is 17.5 Å². The number of hydrogen-bond acceptors (Lipinski definition) is 4. The minimum absolute atomic E-state index is 0.0968. The van der Waals surface area contributed by atoms with Crippen LogP contribution in [-0.2, 0) is 9.84 Å². The maximum atomic E-state index is 11.9. The molecule has 5 nitrogen and oxygen atoms in total. The number of carbonyl (C=O) groups is 1. The molecule has 1 amide bonds. The summed E-state index contributed by atoms with van der Waals surface area (Å²) >= 11 is 5.06. The molecule has 2 rings (SSSR count). The molecule has 0 aliphatic heterocycles. The van der Waals surface area contributed by atoms with Crippen molar-refractivity contribution in [1.82, 2.24) is 5.32 Å². The molecule has 0 saturated heterocycles. The second kappa shape index (κ2) is 6.67. The quantitative estimate of drug-likeness (QED) is 0.842. The molecule has 0 heterocycles. The van der Waals surface area contributed by atoms with E-state index in [0.717, 1.165) is 6.26 Å². The highest BCUT2D eigenvalue weighted by Gasteiger charge is 2.10. The number of amides is 1. The van der Waals surface area contributed by atoms with Crippen molar-refractivity contribution in [2.24, 2.45) is 0 Å². The van der Waals surface area contributed by atoms with Gasteiger partial charge in [-0.3, -0.25) is 10.1 Å². The third-order valence-corrected chi connectivity index (χ3v) is 4.10. The van der Waals surface area contributed by atoms with Crippen molar-refractivity contribution in [3.05, 3.63) is 60.2 Å². The first-order valence-electron chi connectivity index (χ1n) is 6.34. The lowest BCUT2D eigenvalue weighted by molar-refractivity contribution is 0.0977. The summed E-state index contributed by atoms with van der Waals surface area (Å²) < 4.78 is 23.0. The SMILES string of the molecule is CS(=O)(=O)c1cccc(NC(=S)NC(=O)c2ccccc2)c1. The molecule has 22 heavy (non-hydrogen) atoms. The third-order valence-electron chi connectivity index (χ3n) is 2.78. The molecule has 2 N–H and O–H groups in total. The van der Waals surface area contributed by atoms with Crippen molar-refractivity contribution in [2.75, 3.05) is 11.6 Å². The lowest BCUT2D eigenvalue weighted by atomic mass is 10.2. The molecule has 0 radical (unpaired) electrons. The number of anilines is 1. The van der Waals surface area contributed by atoms with Gasteiger partial charge in [-0.25, -0.2) is 8.42 Å². The smallest absolute Gasteiger partial charge is 0.257 e. The van der Waals surface area contributed by atoms with Crippen LogP contribution in [0.25, 0.3) is 0 Å². The van der Waals surface area contributed by atoms with Crippen LogP contribution >= 0.6 is 12.2 Å². The molecule has 7 heteroatoms. The lowest BCUT2D eigenvalue weighted by Gasteiger charge is -2.10. The lowest BCUT2D eigenvalue weighted by Crippen LogP contribution is -2.34. The first-order valence-corrected chi connectivity index (χ1v) is 8.64. The van der Waals surface area contributed by atoms with E-state index in [1.54, 1.807) is 36.4 Å². The van der Waals surface area contributed by atoms with E-state index in [1.165, 1.54) is 12.1 Å². The molecule has 114 valence electrons. The second-order valence-electron chi connectivity index (χ2n) is 4.57. The van der Waals surface area contributed by atoms with Crippen LogP contribution in [0, 0.1) is 0 Å². The Labute approximate surface area is 134 Å². The summed E-state index contributed by atoms with van der Waals surface area (Å²) in [6.07, 6.45) is 1.13. The highest BCUT2D eigenvalue weighted by Crippen LogP contribution is 2.15. The molecule has 0 saturated carbocycles. The standard InChI is InChI=1S/C15H14N2O3S2/c1-22(19,20)13-9-5-8-12(10-13)16-15(21)17-14(18)11-6-3-2-4-7-11/h2-10H,1H3,(H2,16,17,18,21). The van der Waals surface area contributed by atoms with E-state index in [1.807, 2.05) is 6.07 Å². The van der Waals surface area contributed by atoms with Crippen molar-refractivity contribution in [3.63, 3.8) is 0 Å². The van der Waals surface area contributed by atoms with Gasteiger partial charge in [-0.2, -0.15) is 0 Å². The van der Waals surface area contributed by atoms with Gasteiger partial charge in [0.05, 0.1) is 4.90 Å². The van der Waals surface area contributed by atoms with Crippen molar-refractivity contribution in [1.29, 1.82) is 0 Å². The van der Waals surface area contributed by atoms with Crippen molar-refractivity contribution in [3.8, 4) is 0 Å². The monoisotopic (exact) mass is 334 g/mol. The van der Waals surface area contributed by atoms with Crippen LogP contribution in [0.15, 0.2) is 59.5 Å². The maximum Gasteiger partial charge on any atom is 0.257 e. The van der Waals surface area contributed by atoms with Gasteiger partial charge in [-0.15, -0.1) is 0 Å². The van der Waals surface area contributed by atoms with Gasteiger partial charge in [-0.05, 0) is 42.5 Å². The molecule has 0 spiro atoms. The van der Waals surface area contributed by atoms with Gasteiger partial charge >= 0.3 is 0 Å². The van der Waals surface area contributed by atoms with E-state index in [2.05, 4.69) is 10.6 Å². The Bertz CT molecular complexity index is 803. The highest BCUT2D eigenvalue weighted by atomic mass is 32.2. The molecule has 0 unspecified atom stereocenters. The molecule has 0 aliphatic carbocycles. The normalized spacial score (nSPS) is 10.8. The van der Waals surface area contributed by atoms with E-state index in [9.17, 15) is 13.2 Å². The zero-order chi connectivity index (χ0) is 16.2. The Balaban J connectivity index is 2.05. The zero-order valence-corrected chi connectivity index (χ0v) is 13.4. The summed E-state index contributed by atoms with van der Waals surface area (Å²) in [7, 11) is -3.30. The fourth-order valence-electron chi connectivity index (χ4n) is 1.73. The van der Waals surface area contributed by atoms with Crippen LogP contribution in [0.5, 0.6) is 0 Å². The Kier molecular flexibility index (Phi) is 4.89. The fourth-order valence-corrected chi connectivity index (χ4v) is 2.61. The second-order valence-corrected chi connectivity index (χ2v) is 7.00. The van der Waals surface area contributed by atoms with Gasteiger partial charge in [0.25, 0.3) is 5.91 Å². The van der Waals surface area contributed by atoms with Gasteiger partial charge in [-0.1, -0.05) is 24.3 Å². The van der Waals surface area contributed by atoms with Gasteiger partial charge in [0.1, 0.15) is 0 Å². The fraction of sp³-hybridized carbons (Fsp3) is 0.0667. The van der Waals surface area contributed by atoms with Crippen LogP contribution < -0.4 is 10.6 Å². The molecule has 0 aromatic heterocycles. The zero-order valence-electron chi connectivity index (χ0n) is 11.7. The van der Waals surface area contributed by atoms with Gasteiger partial charge in [0.2, 0.25) is 0 Å². The molecule has 0 aliphatic rings. The number of carbonyl (C=O) groups excluding carboxylic acids is 1. The largest absolute Gasteiger partial charge is 0.332 e. The minimum atomic E-state index is -3.30. The van der Waals surface area contributed by atoms with Crippen molar-refractivity contribution in [2.45, 2.75) is 4.90 Å². The van der Waals surface area contributed by atoms with E-state index < -0.39 is 9.84 Å². The average molecular weight is 334 g/mol. The van der Waals surface area contributed by atoms with E-state index in [4.69, 9.17) is 12.2 Å². The van der Waals surface area contributed by atoms with Crippen molar-refractivity contribution >= 4 is 38.8 Å². The summed E-state index contributed by atoms with van der Waals surface area (Å²) in [4.78, 5) is 12.1. The Hall–Kier alpha value is -2.25. The number of nitrogens with one attached hydrogen (secondary N) is 2. The van der Waals surface area contributed by atoms with Crippen LogP contribution in [0.2, 0.25) is 0 Å². The predicted octanol–water partition coefficient (Wildman–Crippen LogP) is 2.22. The van der Waals surface area contributed by atoms with Gasteiger partial charge in [0.15, 0.2) is 14.9 Å². The highest BCUT2D eigenvalue weighted by molar-refractivity contribution is 7.90. The Morgan fingerprint density at radius 1 is 1.05 bits per heavy atom. The summed E-state index contributed by atoms with van der Waals surface area (Å²) in [5, 5.41) is 5.42. The third kappa shape index (κ3) is 4.37. The van der Waals surface area contributed by atoms with Crippen LogP contribution in [0.4, 0.5) is 5.69 Å². The predicted molar refractivity (Wildman–Crippen MR) is 89.7 cm³/mol. The summed E-state index contributed by atoms with van der Waals surface area (Å²) in [5.74, 6) is -0.336. The average Bonchev–Trinajstić information content (AvgIpc) is 2.47. The molecule has 2 aromatic rings. The first kappa shape index (κ1) is 16.1. The molecule has 0 bridgehead atoms.